The Balaban J connectivity index is 2.28. The SMILES string of the molecule is CC(O)c1cccc(S(=O)(=O)N2CCOC(CO)C2)c1. The molecule has 1 aromatic carbocycles. The minimum Gasteiger partial charge on any atom is -0.394 e. The summed E-state index contributed by atoms with van der Waals surface area (Å²) in [7, 11) is -3.63. The molecule has 112 valence electrons. The highest BCUT2D eigenvalue weighted by Crippen LogP contribution is 2.22. The molecule has 7 heteroatoms. The summed E-state index contributed by atoms with van der Waals surface area (Å²) in [5.41, 5.74) is 0.554. The molecule has 2 unspecified atom stereocenters. The van der Waals surface area contributed by atoms with Gasteiger partial charge in [-0.15, -0.1) is 0 Å². The average molecular weight is 301 g/mol. The Labute approximate surface area is 118 Å². The molecule has 6 nitrogen and oxygen atoms in total. The zero-order valence-electron chi connectivity index (χ0n) is 11.3. The van der Waals surface area contributed by atoms with Gasteiger partial charge in [0.05, 0.1) is 30.3 Å². The van der Waals surface area contributed by atoms with Gasteiger partial charge in [0.15, 0.2) is 0 Å². The van der Waals surface area contributed by atoms with Crippen molar-refractivity contribution in [1.82, 2.24) is 4.31 Å². The molecule has 1 aromatic rings. The maximum atomic E-state index is 12.5. The van der Waals surface area contributed by atoms with E-state index in [9.17, 15) is 13.5 Å². The van der Waals surface area contributed by atoms with Crippen LogP contribution in [0.25, 0.3) is 0 Å². The molecule has 0 bridgehead atoms. The second-order valence-corrected chi connectivity index (χ2v) is 6.72. The van der Waals surface area contributed by atoms with E-state index in [4.69, 9.17) is 9.84 Å². The maximum Gasteiger partial charge on any atom is 0.243 e. The number of rotatable bonds is 4. The van der Waals surface area contributed by atoms with Crippen LogP contribution in [-0.4, -0.2) is 55.3 Å². The van der Waals surface area contributed by atoms with Crippen LogP contribution in [-0.2, 0) is 14.8 Å². The van der Waals surface area contributed by atoms with Crippen molar-refractivity contribution in [3.8, 4) is 0 Å². The van der Waals surface area contributed by atoms with Crippen LogP contribution in [0.1, 0.15) is 18.6 Å². The highest BCUT2D eigenvalue weighted by Gasteiger charge is 2.30. The summed E-state index contributed by atoms with van der Waals surface area (Å²) in [4.78, 5) is 0.148. The van der Waals surface area contributed by atoms with Crippen molar-refractivity contribution in [2.45, 2.75) is 24.0 Å². The molecule has 0 spiro atoms. The fourth-order valence-corrected chi connectivity index (χ4v) is 3.62. The van der Waals surface area contributed by atoms with E-state index in [0.29, 0.717) is 5.56 Å². The van der Waals surface area contributed by atoms with Gasteiger partial charge in [-0.05, 0) is 24.6 Å². The zero-order valence-corrected chi connectivity index (χ0v) is 12.1. The highest BCUT2D eigenvalue weighted by atomic mass is 32.2. The number of aliphatic hydroxyl groups excluding tert-OH is 2. The Morgan fingerprint density at radius 1 is 1.50 bits per heavy atom. The molecule has 2 N–H and O–H groups in total. The summed E-state index contributed by atoms with van der Waals surface area (Å²) >= 11 is 0. The number of hydrogen-bond donors (Lipinski definition) is 2. The van der Waals surface area contributed by atoms with Crippen LogP contribution in [0.5, 0.6) is 0 Å². The van der Waals surface area contributed by atoms with Crippen LogP contribution in [0.3, 0.4) is 0 Å². The Morgan fingerprint density at radius 3 is 2.90 bits per heavy atom. The maximum absolute atomic E-state index is 12.5. The van der Waals surface area contributed by atoms with Crippen molar-refractivity contribution in [3.05, 3.63) is 29.8 Å². The minimum absolute atomic E-state index is 0.137. The summed E-state index contributed by atoms with van der Waals surface area (Å²) in [6, 6.07) is 6.27. The third kappa shape index (κ3) is 3.18. The second-order valence-electron chi connectivity index (χ2n) is 4.79. The number of aliphatic hydroxyl groups is 2. The van der Waals surface area contributed by atoms with Crippen molar-refractivity contribution in [2.24, 2.45) is 0 Å². The molecule has 2 rings (SSSR count). The first-order chi connectivity index (χ1) is 9.45. The normalized spacial score (nSPS) is 22.6. The lowest BCUT2D eigenvalue weighted by Crippen LogP contribution is -2.46. The Morgan fingerprint density at radius 2 is 2.25 bits per heavy atom. The number of benzene rings is 1. The van der Waals surface area contributed by atoms with Crippen LogP contribution in [0.15, 0.2) is 29.2 Å². The van der Waals surface area contributed by atoms with Crippen molar-refractivity contribution >= 4 is 10.0 Å². The third-order valence-electron chi connectivity index (χ3n) is 3.28. The molecule has 0 amide bonds. The Hall–Kier alpha value is -0.990. The van der Waals surface area contributed by atoms with Crippen LogP contribution >= 0.6 is 0 Å². The van der Waals surface area contributed by atoms with Crippen LogP contribution in [0, 0.1) is 0 Å². The highest BCUT2D eigenvalue weighted by molar-refractivity contribution is 7.89. The predicted molar refractivity (Wildman–Crippen MR) is 72.7 cm³/mol. The van der Waals surface area contributed by atoms with Gasteiger partial charge < -0.3 is 14.9 Å². The van der Waals surface area contributed by atoms with Crippen molar-refractivity contribution in [2.75, 3.05) is 26.3 Å². The largest absolute Gasteiger partial charge is 0.394 e. The van der Waals surface area contributed by atoms with Crippen molar-refractivity contribution < 1.29 is 23.4 Å². The minimum atomic E-state index is -3.63. The topological polar surface area (TPSA) is 87.1 Å². The van der Waals surface area contributed by atoms with E-state index in [2.05, 4.69) is 0 Å². The molecule has 1 fully saturated rings. The van der Waals surface area contributed by atoms with Gasteiger partial charge in [-0.3, -0.25) is 0 Å². The monoisotopic (exact) mass is 301 g/mol. The molecular formula is C13H19NO5S. The molecule has 0 radical (unpaired) electrons. The van der Waals surface area contributed by atoms with Gasteiger partial charge in [0, 0.05) is 13.1 Å². The molecule has 0 aromatic heterocycles. The summed E-state index contributed by atoms with van der Waals surface area (Å²) in [6.45, 7) is 2.04. The zero-order chi connectivity index (χ0) is 14.8. The molecule has 1 aliphatic rings. The van der Waals surface area contributed by atoms with Crippen molar-refractivity contribution in [1.29, 1.82) is 0 Å². The molecule has 0 saturated carbocycles. The molecule has 2 atom stereocenters. The van der Waals surface area contributed by atoms with E-state index >= 15 is 0 Å². The van der Waals surface area contributed by atoms with Gasteiger partial charge in [-0.1, -0.05) is 12.1 Å². The standard InChI is InChI=1S/C13H19NO5S/c1-10(16)11-3-2-4-13(7-11)20(17,18)14-5-6-19-12(8-14)9-15/h2-4,7,10,12,15-16H,5-6,8-9H2,1H3. The van der Waals surface area contributed by atoms with E-state index in [1.165, 1.54) is 16.4 Å². The van der Waals surface area contributed by atoms with E-state index in [-0.39, 0.29) is 31.2 Å². The number of sulfonamides is 1. The van der Waals surface area contributed by atoms with Gasteiger partial charge in [0.25, 0.3) is 0 Å². The van der Waals surface area contributed by atoms with E-state index in [1.807, 2.05) is 0 Å². The number of morpholine rings is 1. The second kappa shape index (κ2) is 6.19. The smallest absolute Gasteiger partial charge is 0.243 e. The fourth-order valence-electron chi connectivity index (χ4n) is 2.10. The van der Waals surface area contributed by atoms with Gasteiger partial charge in [0.1, 0.15) is 0 Å². The van der Waals surface area contributed by atoms with Gasteiger partial charge in [0.2, 0.25) is 10.0 Å². The van der Waals surface area contributed by atoms with E-state index in [1.54, 1.807) is 19.1 Å². The summed E-state index contributed by atoms with van der Waals surface area (Å²) < 4.78 is 31.6. The molecule has 0 aliphatic carbocycles. The lowest BCUT2D eigenvalue weighted by atomic mass is 10.1. The third-order valence-corrected chi connectivity index (χ3v) is 5.14. The van der Waals surface area contributed by atoms with Crippen LogP contribution < -0.4 is 0 Å². The average Bonchev–Trinajstić information content (AvgIpc) is 2.47. The molecular weight excluding hydrogens is 282 g/mol. The number of ether oxygens (including phenoxy) is 1. The first-order valence-electron chi connectivity index (χ1n) is 6.46. The van der Waals surface area contributed by atoms with Gasteiger partial charge in [-0.2, -0.15) is 4.31 Å². The first kappa shape index (κ1) is 15.4. The van der Waals surface area contributed by atoms with Crippen LogP contribution in [0.4, 0.5) is 0 Å². The lowest BCUT2D eigenvalue weighted by Gasteiger charge is -2.31. The molecule has 20 heavy (non-hydrogen) atoms. The molecule has 1 heterocycles. The van der Waals surface area contributed by atoms with Gasteiger partial charge in [-0.25, -0.2) is 8.42 Å². The van der Waals surface area contributed by atoms with E-state index in [0.717, 1.165) is 0 Å². The lowest BCUT2D eigenvalue weighted by molar-refractivity contribution is -0.0304. The fraction of sp³-hybridized carbons (Fsp3) is 0.538. The predicted octanol–water partition coefficient (Wildman–Crippen LogP) is 0.122. The van der Waals surface area contributed by atoms with Crippen LogP contribution in [0.2, 0.25) is 0 Å². The Kier molecular flexibility index (Phi) is 4.77. The van der Waals surface area contributed by atoms with Crippen molar-refractivity contribution in [3.63, 3.8) is 0 Å². The van der Waals surface area contributed by atoms with Gasteiger partial charge >= 0.3 is 0 Å². The number of hydrogen-bond acceptors (Lipinski definition) is 5. The summed E-state index contributed by atoms with van der Waals surface area (Å²) in [5, 5.41) is 18.6. The summed E-state index contributed by atoms with van der Waals surface area (Å²) in [5.74, 6) is 0. The Bertz CT molecular complexity index is 558. The number of nitrogens with zero attached hydrogens (tertiary/aromatic N) is 1. The summed E-state index contributed by atoms with van der Waals surface area (Å²) in [6.07, 6.45) is -1.21. The first-order valence-corrected chi connectivity index (χ1v) is 7.90. The van der Waals surface area contributed by atoms with E-state index < -0.39 is 22.2 Å². The molecule has 1 aliphatic heterocycles. The molecule has 1 saturated heterocycles. The quantitative estimate of drug-likeness (QED) is 0.825.